The Morgan fingerprint density at radius 1 is 1.11 bits per heavy atom. The molecule has 3 saturated heterocycles. The van der Waals surface area contributed by atoms with Crippen molar-refractivity contribution in [3.63, 3.8) is 0 Å². The number of nitrogens with zero attached hydrogens (tertiary/aromatic N) is 3. The molecule has 1 spiro atoms. The number of ether oxygens (including phenoxy) is 1. The summed E-state index contributed by atoms with van der Waals surface area (Å²) < 4.78 is 6.34. The number of amides is 1. The smallest absolute Gasteiger partial charge is 0.242 e. The number of morpholine rings is 1. The summed E-state index contributed by atoms with van der Waals surface area (Å²) in [7, 11) is 0. The van der Waals surface area contributed by atoms with Crippen LogP contribution in [0.25, 0.3) is 0 Å². The molecule has 5 heteroatoms. The van der Waals surface area contributed by atoms with Crippen LogP contribution in [0, 0.1) is 5.92 Å². The number of hydrogen-bond acceptors (Lipinski definition) is 4. The van der Waals surface area contributed by atoms with Gasteiger partial charge in [0, 0.05) is 45.8 Å². The van der Waals surface area contributed by atoms with Crippen LogP contribution in [0.15, 0.2) is 30.3 Å². The Labute approximate surface area is 162 Å². The molecule has 1 aromatic rings. The minimum Gasteiger partial charge on any atom is -0.369 e. The van der Waals surface area contributed by atoms with E-state index in [2.05, 4.69) is 40.1 Å². The highest BCUT2D eigenvalue weighted by Crippen LogP contribution is 2.36. The van der Waals surface area contributed by atoms with Crippen LogP contribution in [0.5, 0.6) is 0 Å². The number of carbonyl (C=O) groups excluding carboxylic acids is 1. The van der Waals surface area contributed by atoms with Crippen molar-refractivity contribution >= 4 is 5.91 Å². The average Bonchev–Trinajstić information content (AvgIpc) is 3.41. The van der Waals surface area contributed by atoms with Crippen molar-refractivity contribution in [2.75, 3.05) is 52.4 Å². The van der Waals surface area contributed by atoms with Gasteiger partial charge in [0.05, 0.1) is 6.61 Å². The highest BCUT2D eigenvalue weighted by Gasteiger charge is 2.51. The number of rotatable bonds is 6. The summed E-state index contributed by atoms with van der Waals surface area (Å²) in [4.78, 5) is 19.8. The minimum absolute atomic E-state index is 0.0443. The van der Waals surface area contributed by atoms with Crippen molar-refractivity contribution in [3.8, 4) is 0 Å². The Morgan fingerprint density at radius 3 is 2.56 bits per heavy atom. The van der Waals surface area contributed by atoms with Crippen LogP contribution in [0.3, 0.4) is 0 Å². The van der Waals surface area contributed by atoms with Gasteiger partial charge in [0.15, 0.2) is 0 Å². The zero-order valence-corrected chi connectivity index (χ0v) is 16.2. The van der Waals surface area contributed by atoms with E-state index in [0.29, 0.717) is 12.5 Å². The van der Waals surface area contributed by atoms with Crippen LogP contribution in [0.2, 0.25) is 0 Å². The Morgan fingerprint density at radius 2 is 1.89 bits per heavy atom. The van der Waals surface area contributed by atoms with Crippen molar-refractivity contribution in [2.24, 2.45) is 5.92 Å². The zero-order chi connectivity index (χ0) is 18.3. The van der Waals surface area contributed by atoms with Crippen molar-refractivity contribution in [1.82, 2.24) is 14.7 Å². The van der Waals surface area contributed by atoms with Gasteiger partial charge < -0.3 is 9.64 Å². The number of carbonyl (C=O) groups is 1. The van der Waals surface area contributed by atoms with E-state index in [1.54, 1.807) is 0 Å². The largest absolute Gasteiger partial charge is 0.369 e. The topological polar surface area (TPSA) is 36.0 Å². The maximum Gasteiger partial charge on any atom is 0.242 e. The molecule has 0 aromatic heterocycles. The van der Waals surface area contributed by atoms with Crippen LogP contribution in [-0.4, -0.2) is 84.7 Å². The van der Waals surface area contributed by atoms with E-state index in [1.807, 2.05) is 4.90 Å². The first kappa shape index (κ1) is 17.7. The quantitative estimate of drug-likeness (QED) is 0.764. The second-order valence-electron chi connectivity index (χ2n) is 9.01. The Kier molecular flexibility index (Phi) is 4.70. The van der Waals surface area contributed by atoms with E-state index in [4.69, 9.17) is 4.74 Å². The van der Waals surface area contributed by atoms with Gasteiger partial charge >= 0.3 is 0 Å². The summed E-state index contributed by atoms with van der Waals surface area (Å²) in [6.45, 7) is 7.56. The molecular weight excluding hydrogens is 338 g/mol. The van der Waals surface area contributed by atoms with Crippen molar-refractivity contribution in [2.45, 2.75) is 37.3 Å². The molecule has 4 aliphatic rings. The Hall–Kier alpha value is -1.43. The van der Waals surface area contributed by atoms with Crippen LogP contribution >= 0.6 is 0 Å². The van der Waals surface area contributed by atoms with Crippen LogP contribution in [-0.2, 0) is 16.0 Å². The van der Waals surface area contributed by atoms with Gasteiger partial charge in [-0.25, -0.2) is 0 Å². The molecule has 27 heavy (non-hydrogen) atoms. The first-order valence-corrected chi connectivity index (χ1v) is 10.6. The first-order valence-electron chi connectivity index (χ1n) is 10.6. The molecule has 0 radical (unpaired) electrons. The van der Waals surface area contributed by atoms with Gasteiger partial charge in [-0.15, -0.1) is 0 Å². The van der Waals surface area contributed by atoms with Crippen LogP contribution < -0.4 is 0 Å². The van der Waals surface area contributed by atoms with E-state index < -0.39 is 0 Å². The molecule has 1 aromatic carbocycles. The molecule has 1 atom stereocenters. The monoisotopic (exact) mass is 369 g/mol. The standard InChI is InChI=1S/C22H31N3O2/c26-21(24-10-4-11-24)20-14-27-22(17-25(20)13-19-7-8-19)15-23(16-22)12-9-18-5-2-1-3-6-18/h1-3,5-6,19-20H,4,7-17H2. The second kappa shape index (κ2) is 7.19. The van der Waals surface area contributed by atoms with Gasteiger partial charge in [0.2, 0.25) is 5.91 Å². The third kappa shape index (κ3) is 3.78. The lowest BCUT2D eigenvalue weighted by molar-refractivity contribution is -0.204. The fourth-order valence-corrected chi connectivity index (χ4v) is 4.74. The van der Waals surface area contributed by atoms with E-state index in [-0.39, 0.29) is 11.6 Å². The Balaban J connectivity index is 1.16. The van der Waals surface area contributed by atoms with E-state index in [1.165, 1.54) is 18.4 Å². The molecule has 5 nitrogen and oxygen atoms in total. The zero-order valence-electron chi connectivity index (χ0n) is 16.2. The molecule has 5 rings (SSSR count). The average molecular weight is 370 g/mol. The summed E-state index contributed by atoms with van der Waals surface area (Å²) in [6.07, 6.45) is 4.91. The number of hydrogen-bond donors (Lipinski definition) is 0. The van der Waals surface area contributed by atoms with Crippen LogP contribution in [0.1, 0.15) is 24.8 Å². The maximum absolute atomic E-state index is 12.8. The lowest BCUT2D eigenvalue weighted by Gasteiger charge is -2.56. The Bertz CT molecular complexity index is 665. The normalized spacial score (nSPS) is 28.0. The third-order valence-electron chi connectivity index (χ3n) is 6.70. The predicted octanol–water partition coefficient (Wildman–Crippen LogP) is 1.63. The van der Waals surface area contributed by atoms with E-state index in [0.717, 1.165) is 64.6 Å². The van der Waals surface area contributed by atoms with E-state index in [9.17, 15) is 4.79 Å². The van der Waals surface area contributed by atoms with Crippen molar-refractivity contribution in [3.05, 3.63) is 35.9 Å². The maximum atomic E-state index is 12.8. The molecule has 4 fully saturated rings. The van der Waals surface area contributed by atoms with Gasteiger partial charge in [-0.3, -0.25) is 14.6 Å². The van der Waals surface area contributed by atoms with Gasteiger partial charge in [-0.1, -0.05) is 30.3 Å². The highest BCUT2D eigenvalue weighted by atomic mass is 16.5. The lowest BCUT2D eigenvalue weighted by Crippen LogP contribution is -2.73. The summed E-state index contributed by atoms with van der Waals surface area (Å²) in [5.74, 6) is 1.11. The fraction of sp³-hybridized carbons (Fsp3) is 0.682. The summed E-state index contributed by atoms with van der Waals surface area (Å²) in [6, 6.07) is 10.7. The van der Waals surface area contributed by atoms with Crippen LogP contribution in [0.4, 0.5) is 0 Å². The molecule has 3 aliphatic heterocycles. The molecule has 1 saturated carbocycles. The predicted molar refractivity (Wildman–Crippen MR) is 105 cm³/mol. The van der Waals surface area contributed by atoms with Crippen molar-refractivity contribution in [1.29, 1.82) is 0 Å². The molecule has 146 valence electrons. The molecule has 1 unspecified atom stereocenters. The van der Waals surface area contributed by atoms with Crippen molar-refractivity contribution < 1.29 is 9.53 Å². The first-order chi connectivity index (χ1) is 13.2. The highest BCUT2D eigenvalue weighted by molar-refractivity contribution is 5.82. The number of benzene rings is 1. The second-order valence-corrected chi connectivity index (χ2v) is 9.01. The summed E-state index contributed by atoms with van der Waals surface area (Å²) >= 11 is 0. The van der Waals surface area contributed by atoms with Gasteiger partial charge in [-0.05, 0) is 37.2 Å². The minimum atomic E-state index is -0.0464. The third-order valence-corrected chi connectivity index (χ3v) is 6.70. The molecule has 1 amide bonds. The van der Waals surface area contributed by atoms with E-state index >= 15 is 0 Å². The molecular formula is C22H31N3O2. The fourth-order valence-electron chi connectivity index (χ4n) is 4.74. The van der Waals surface area contributed by atoms with Gasteiger partial charge in [0.1, 0.15) is 11.6 Å². The number of likely N-dealkylation sites (tertiary alicyclic amines) is 2. The summed E-state index contributed by atoms with van der Waals surface area (Å²) in [5.41, 5.74) is 1.36. The van der Waals surface area contributed by atoms with Gasteiger partial charge in [-0.2, -0.15) is 0 Å². The molecule has 0 bridgehead atoms. The molecule has 1 aliphatic carbocycles. The summed E-state index contributed by atoms with van der Waals surface area (Å²) in [5, 5.41) is 0. The van der Waals surface area contributed by atoms with Gasteiger partial charge in [0.25, 0.3) is 0 Å². The molecule has 3 heterocycles. The lowest BCUT2D eigenvalue weighted by atomic mass is 9.89. The SMILES string of the molecule is O=C(C1COC2(CN(CCc3ccccc3)C2)CN1CC1CC1)N1CCC1. The molecule has 0 N–H and O–H groups in total.